The molecule has 2 nitrogen and oxygen atoms in total. The van der Waals surface area contributed by atoms with Crippen LogP contribution in [0.5, 0.6) is 0 Å². The molecule has 0 aromatic rings. The van der Waals surface area contributed by atoms with Gasteiger partial charge in [-0.2, -0.15) is 0 Å². The predicted octanol–water partition coefficient (Wildman–Crippen LogP) is 1.60. The summed E-state index contributed by atoms with van der Waals surface area (Å²) < 4.78 is 0. The number of hydrogen-bond acceptors (Lipinski definition) is 1. The summed E-state index contributed by atoms with van der Waals surface area (Å²) in [6.45, 7) is 9.69. The van der Waals surface area contributed by atoms with Gasteiger partial charge in [0.1, 0.15) is 0 Å². The van der Waals surface area contributed by atoms with Crippen molar-refractivity contribution in [2.24, 2.45) is 5.41 Å². The van der Waals surface area contributed by atoms with Crippen LogP contribution in [0.3, 0.4) is 0 Å². The third-order valence-corrected chi connectivity index (χ3v) is 1.65. The van der Waals surface area contributed by atoms with E-state index in [-0.39, 0.29) is 11.3 Å². The number of carbonyl (C=O) groups excluding carboxylic acids is 1. The zero-order chi connectivity index (χ0) is 8.65. The van der Waals surface area contributed by atoms with E-state index in [1.807, 2.05) is 26.8 Å². The van der Waals surface area contributed by atoms with Crippen LogP contribution in [0.4, 0.5) is 0 Å². The third-order valence-electron chi connectivity index (χ3n) is 1.65. The first-order valence-corrected chi connectivity index (χ1v) is 3.64. The predicted molar refractivity (Wildman–Crippen MR) is 44.8 cm³/mol. The monoisotopic (exact) mass is 151 g/mol. The van der Waals surface area contributed by atoms with E-state index in [0.717, 1.165) is 5.57 Å². The Bertz CT molecular complexity index is 243. The first-order chi connectivity index (χ1) is 4.91. The van der Waals surface area contributed by atoms with Crippen LogP contribution < -0.4 is 5.32 Å². The zero-order valence-electron chi connectivity index (χ0n) is 7.19. The highest BCUT2D eigenvalue weighted by Gasteiger charge is 2.27. The Kier molecular flexibility index (Phi) is 1.63. The van der Waals surface area contributed by atoms with Gasteiger partial charge >= 0.3 is 0 Å². The molecule has 0 saturated heterocycles. The Morgan fingerprint density at radius 2 is 2.00 bits per heavy atom. The molecule has 0 radical (unpaired) electrons. The standard InChI is InChI=1S/C9H13NO/c1-6-5-7(8(11)10-6)9(2,3)4/h5H,1H2,2-4H3,(H,10,11). The summed E-state index contributed by atoms with van der Waals surface area (Å²) in [4.78, 5) is 11.2. The summed E-state index contributed by atoms with van der Waals surface area (Å²) in [5.41, 5.74) is 1.42. The minimum Gasteiger partial charge on any atom is -0.323 e. The van der Waals surface area contributed by atoms with Crippen molar-refractivity contribution in [3.63, 3.8) is 0 Å². The summed E-state index contributed by atoms with van der Waals surface area (Å²) >= 11 is 0. The molecule has 0 bridgehead atoms. The molecule has 0 aromatic heterocycles. The highest BCUT2D eigenvalue weighted by molar-refractivity contribution is 5.99. The molecule has 0 unspecified atom stereocenters. The van der Waals surface area contributed by atoms with Gasteiger partial charge in [0.15, 0.2) is 0 Å². The van der Waals surface area contributed by atoms with Crippen molar-refractivity contribution in [3.05, 3.63) is 23.9 Å². The van der Waals surface area contributed by atoms with E-state index in [4.69, 9.17) is 0 Å². The lowest BCUT2D eigenvalue weighted by Gasteiger charge is -2.17. The van der Waals surface area contributed by atoms with Gasteiger partial charge in [0.05, 0.1) is 0 Å². The van der Waals surface area contributed by atoms with Crippen molar-refractivity contribution in [2.45, 2.75) is 20.8 Å². The SMILES string of the molecule is C=C1C=C(C(C)(C)C)C(=O)N1. The maximum atomic E-state index is 11.2. The molecule has 1 amide bonds. The van der Waals surface area contributed by atoms with Gasteiger partial charge in [-0.05, 0) is 11.5 Å². The number of hydrogen-bond donors (Lipinski definition) is 1. The van der Waals surface area contributed by atoms with Crippen LogP contribution in [-0.4, -0.2) is 5.91 Å². The second-order valence-corrected chi connectivity index (χ2v) is 3.79. The molecule has 0 fully saturated rings. The van der Waals surface area contributed by atoms with Gasteiger partial charge < -0.3 is 5.32 Å². The Balaban J connectivity index is 2.97. The van der Waals surface area contributed by atoms with Crippen molar-refractivity contribution in [3.8, 4) is 0 Å². The van der Waals surface area contributed by atoms with Crippen LogP contribution >= 0.6 is 0 Å². The van der Waals surface area contributed by atoms with Crippen molar-refractivity contribution in [1.29, 1.82) is 0 Å². The van der Waals surface area contributed by atoms with Crippen molar-refractivity contribution < 1.29 is 4.79 Å². The van der Waals surface area contributed by atoms with Crippen LogP contribution in [0.2, 0.25) is 0 Å². The molecule has 0 aliphatic carbocycles. The lowest BCUT2D eigenvalue weighted by molar-refractivity contribution is -0.117. The summed E-state index contributed by atoms with van der Waals surface area (Å²) in [5, 5.41) is 2.65. The lowest BCUT2D eigenvalue weighted by Crippen LogP contribution is -2.22. The van der Waals surface area contributed by atoms with E-state index in [1.165, 1.54) is 0 Å². The number of nitrogens with one attached hydrogen (secondary N) is 1. The quantitative estimate of drug-likeness (QED) is 0.559. The number of carbonyl (C=O) groups is 1. The normalized spacial score (nSPS) is 18.3. The number of amides is 1. The van der Waals surface area contributed by atoms with Gasteiger partial charge in [-0.1, -0.05) is 27.4 Å². The van der Waals surface area contributed by atoms with E-state index in [9.17, 15) is 4.79 Å². The van der Waals surface area contributed by atoms with Crippen molar-refractivity contribution in [1.82, 2.24) is 5.32 Å². The van der Waals surface area contributed by atoms with Crippen LogP contribution in [0.25, 0.3) is 0 Å². The number of allylic oxidation sites excluding steroid dienone is 1. The van der Waals surface area contributed by atoms with Crippen molar-refractivity contribution >= 4 is 5.91 Å². The molecule has 1 heterocycles. The van der Waals surface area contributed by atoms with Crippen LogP contribution in [0.1, 0.15) is 20.8 Å². The van der Waals surface area contributed by atoms with Gasteiger partial charge in [0.25, 0.3) is 5.91 Å². The van der Waals surface area contributed by atoms with E-state index in [2.05, 4.69) is 11.9 Å². The lowest BCUT2D eigenvalue weighted by atomic mass is 9.87. The average molecular weight is 151 g/mol. The molecule has 0 spiro atoms. The minimum atomic E-state index is -0.0798. The fourth-order valence-corrected chi connectivity index (χ4v) is 1.05. The first kappa shape index (κ1) is 8.05. The van der Waals surface area contributed by atoms with E-state index in [0.29, 0.717) is 5.70 Å². The Hall–Kier alpha value is -1.05. The molecule has 1 aliphatic heterocycles. The molecule has 0 saturated carbocycles. The summed E-state index contributed by atoms with van der Waals surface area (Å²) in [7, 11) is 0. The number of rotatable bonds is 0. The maximum Gasteiger partial charge on any atom is 0.252 e. The fourth-order valence-electron chi connectivity index (χ4n) is 1.05. The summed E-state index contributed by atoms with van der Waals surface area (Å²) in [6.07, 6.45) is 1.81. The molecule has 0 atom stereocenters. The topological polar surface area (TPSA) is 29.1 Å². The first-order valence-electron chi connectivity index (χ1n) is 3.64. The highest BCUT2D eigenvalue weighted by atomic mass is 16.2. The Labute approximate surface area is 67.0 Å². The van der Waals surface area contributed by atoms with Crippen LogP contribution in [0, 0.1) is 5.41 Å². The van der Waals surface area contributed by atoms with E-state index >= 15 is 0 Å². The van der Waals surface area contributed by atoms with Gasteiger partial charge in [0, 0.05) is 11.3 Å². The zero-order valence-corrected chi connectivity index (χ0v) is 7.19. The second kappa shape index (κ2) is 2.22. The molecule has 60 valence electrons. The molecule has 0 aromatic carbocycles. The fraction of sp³-hybridized carbons (Fsp3) is 0.444. The Morgan fingerprint density at radius 1 is 1.45 bits per heavy atom. The Morgan fingerprint density at radius 3 is 2.18 bits per heavy atom. The van der Waals surface area contributed by atoms with E-state index < -0.39 is 0 Å². The molecule has 1 aliphatic rings. The van der Waals surface area contributed by atoms with E-state index in [1.54, 1.807) is 0 Å². The van der Waals surface area contributed by atoms with Gasteiger partial charge in [-0.15, -0.1) is 0 Å². The van der Waals surface area contributed by atoms with Crippen LogP contribution in [-0.2, 0) is 4.79 Å². The molecule has 2 heteroatoms. The molecular formula is C9H13NO. The third kappa shape index (κ3) is 1.50. The largest absolute Gasteiger partial charge is 0.323 e. The van der Waals surface area contributed by atoms with Crippen LogP contribution in [0.15, 0.2) is 23.9 Å². The smallest absolute Gasteiger partial charge is 0.252 e. The molecule has 1 rings (SSSR count). The average Bonchev–Trinajstić information content (AvgIpc) is 2.08. The maximum absolute atomic E-state index is 11.2. The molecule has 1 N–H and O–H groups in total. The van der Waals surface area contributed by atoms with Gasteiger partial charge in [-0.25, -0.2) is 0 Å². The summed E-state index contributed by atoms with van der Waals surface area (Å²) in [6, 6.07) is 0. The second-order valence-electron chi connectivity index (χ2n) is 3.79. The summed E-state index contributed by atoms with van der Waals surface area (Å²) in [5.74, 6) is -0.0116. The minimum absolute atomic E-state index is 0.0116. The van der Waals surface area contributed by atoms with Crippen molar-refractivity contribution in [2.75, 3.05) is 0 Å². The molecule has 11 heavy (non-hydrogen) atoms. The van der Waals surface area contributed by atoms with Gasteiger partial charge in [0.2, 0.25) is 0 Å². The highest BCUT2D eigenvalue weighted by Crippen LogP contribution is 2.28. The molecular weight excluding hydrogens is 138 g/mol. The van der Waals surface area contributed by atoms with Gasteiger partial charge in [-0.3, -0.25) is 4.79 Å².